The summed E-state index contributed by atoms with van der Waals surface area (Å²) in [6.07, 6.45) is 2.85. The lowest BCUT2D eigenvalue weighted by atomic mass is 10.1. The first-order chi connectivity index (χ1) is 11.1. The van der Waals surface area contributed by atoms with Gasteiger partial charge in [-0.1, -0.05) is 29.8 Å². The van der Waals surface area contributed by atoms with Crippen LogP contribution in [0.15, 0.2) is 48.7 Å². The maximum Gasteiger partial charge on any atom is 0.170 e. The van der Waals surface area contributed by atoms with Gasteiger partial charge < -0.3 is 15.6 Å². The number of para-hydroxylation sites is 1. The van der Waals surface area contributed by atoms with E-state index in [4.69, 9.17) is 23.8 Å². The Morgan fingerprint density at radius 1 is 1.22 bits per heavy atom. The van der Waals surface area contributed by atoms with E-state index in [1.165, 1.54) is 23.1 Å². The molecule has 0 saturated carbocycles. The van der Waals surface area contributed by atoms with Gasteiger partial charge in [0.15, 0.2) is 5.11 Å². The average Bonchev–Trinajstić information content (AvgIpc) is 2.94. The molecule has 0 unspecified atom stereocenters. The van der Waals surface area contributed by atoms with Gasteiger partial charge in [-0.2, -0.15) is 0 Å². The fourth-order valence-corrected chi connectivity index (χ4v) is 2.74. The molecule has 0 fully saturated rings. The van der Waals surface area contributed by atoms with Gasteiger partial charge in [-0.3, -0.25) is 0 Å². The molecule has 0 radical (unpaired) electrons. The van der Waals surface area contributed by atoms with Gasteiger partial charge in [0.25, 0.3) is 0 Å². The van der Waals surface area contributed by atoms with E-state index in [1.807, 2.05) is 24.4 Å². The monoisotopic (exact) mass is 347 g/mol. The molecule has 0 aliphatic carbocycles. The van der Waals surface area contributed by atoms with Gasteiger partial charge >= 0.3 is 0 Å². The Kier molecular flexibility index (Phi) is 4.79. The number of halogens is 2. The average molecular weight is 348 g/mol. The van der Waals surface area contributed by atoms with E-state index in [1.54, 1.807) is 6.07 Å². The molecular weight excluding hydrogens is 333 g/mol. The summed E-state index contributed by atoms with van der Waals surface area (Å²) in [7, 11) is 0. The summed E-state index contributed by atoms with van der Waals surface area (Å²) in [4.78, 5) is 3.25. The third-order valence-corrected chi connectivity index (χ3v) is 4.09. The van der Waals surface area contributed by atoms with Gasteiger partial charge in [0.2, 0.25) is 0 Å². The van der Waals surface area contributed by atoms with Crippen molar-refractivity contribution in [3.63, 3.8) is 0 Å². The number of aromatic nitrogens is 1. The first kappa shape index (κ1) is 15.8. The molecule has 3 aromatic rings. The van der Waals surface area contributed by atoms with Gasteiger partial charge in [0.05, 0.1) is 5.02 Å². The van der Waals surface area contributed by atoms with Crippen LogP contribution in [0.2, 0.25) is 5.02 Å². The summed E-state index contributed by atoms with van der Waals surface area (Å²) in [5.74, 6) is -0.474. The highest BCUT2D eigenvalue weighted by Gasteiger charge is 2.05. The summed E-state index contributed by atoms with van der Waals surface area (Å²) < 4.78 is 13.4. The van der Waals surface area contributed by atoms with Crippen LogP contribution < -0.4 is 10.6 Å². The highest BCUT2D eigenvalue weighted by molar-refractivity contribution is 7.80. The molecule has 0 aliphatic heterocycles. The smallest absolute Gasteiger partial charge is 0.170 e. The molecule has 0 aliphatic rings. The van der Waals surface area contributed by atoms with Crippen molar-refractivity contribution < 1.29 is 4.39 Å². The SMILES string of the molecule is Fc1cc(NC(=S)NCCc2c[nH]c3ccccc23)ccc1Cl. The highest BCUT2D eigenvalue weighted by Crippen LogP contribution is 2.19. The zero-order valence-electron chi connectivity index (χ0n) is 12.2. The molecule has 0 saturated heterocycles. The van der Waals surface area contributed by atoms with Crippen LogP contribution in [0.4, 0.5) is 10.1 Å². The van der Waals surface area contributed by atoms with Crippen molar-refractivity contribution >= 4 is 45.5 Å². The van der Waals surface area contributed by atoms with E-state index in [0.717, 1.165) is 11.9 Å². The number of thiocarbonyl (C=S) groups is 1. The third-order valence-electron chi connectivity index (χ3n) is 3.53. The van der Waals surface area contributed by atoms with Crippen LogP contribution >= 0.6 is 23.8 Å². The van der Waals surface area contributed by atoms with Crippen LogP contribution in [0.25, 0.3) is 10.9 Å². The fourth-order valence-electron chi connectivity index (χ4n) is 2.40. The van der Waals surface area contributed by atoms with Crippen LogP contribution in [-0.4, -0.2) is 16.6 Å². The van der Waals surface area contributed by atoms with Crippen LogP contribution in [0.5, 0.6) is 0 Å². The second-order valence-corrected chi connectivity index (χ2v) is 5.93. The van der Waals surface area contributed by atoms with E-state index in [9.17, 15) is 4.39 Å². The van der Waals surface area contributed by atoms with Gasteiger partial charge in [0.1, 0.15) is 5.82 Å². The molecule has 6 heteroatoms. The number of anilines is 1. The van der Waals surface area contributed by atoms with E-state index in [0.29, 0.717) is 17.3 Å². The minimum absolute atomic E-state index is 0.0914. The summed E-state index contributed by atoms with van der Waals surface area (Å²) in [5, 5.41) is 7.82. The molecule has 118 valence electrons. The predicted molar refractivity (Wildman–Crippen MR) is 97.6 cm³/mol. The number of rotatable bonds is 4. The number of H-pyrrole nitrogens is 1. The number of benzene rings is 2. The van der Waals surface area contributed by atoms with Crippen molar-refractivity contribution in [1.82, 2.24) is 10.3 Å². The maximum absolute atomic E-state index is 13.4. The van der Waals surface area contributed by atoms with Crippen molar-refractivity contribution in [3.8, 4) is 0 Å². The second-order valence-electron chi connectivity index (χ2n) is 5.12. The lowest BCUT2D eigenvalue weighted by Crippen LogP contribution is -2.30. The maximum atomic E-state index is 13.4. The molecule has 23 heavy (non-hydrogen) atoms. The first-order valence-electron chi connectivity index (χ1n) is 7.18. The third kappa shape index (κ3) is 3.81. The molecule has 0 bridgehead atoms. The molecule has 3 nitrogen and oxygen atoms in total. The Labute approximate surface area is 143 Å². The van der Waals surface area contributed by atoms with E-state index in [-0.39, 0.29) is 5.02 Å². The minimum Gasteiger partial charge on any atom is -0.362 e. The molecule has 0 amide bonds. The molecular formula is C17H15ClFN3S. The van der Waals surface area contributed by atoms with Crippen molar-refractivity contribution in [3.05, 3.63) is 65.1 Å². The summed E-state index contributed by atoms with van der Waals surface area (Å²) >= 11 is 10.9. The Balaban J connectivity index is 1.54. The normalized spacial score (nSPS) is 10.7. The predicted octanol–water partition coefficient (Wildman–Crippen LogP) is 4.49. The Morgan fingerprint density at radius 3 is 2.87 bits per heavy atom. The second kappa shape index (κ2) is 6.98. The molecule has 1 aromatic heterocycles. The molecule has 2 aromatic carbocycles. The van der Waals surface area contributed by atoms with Crippen molar-refractivity contribution in [2.75, 3.05) is 11.9 Å². The van der Waals surface area contributed by atoms with E-state index >= 15 is 0 Å². The summed E-state index contributed by atoms with van der Waals surface area (Å²) in [5.41, 5.74) is 2.92. The Morgan fingerprint density at radius 2 is 2.04 bits per heavy atom. The van der Waals surface area contributed by atoms with Crippen LogP contribution in [-0.2, 0) is 6.42 Å². The van der Waals surface area contributed by atoms with Gasteiger partial charge in [-0.25, -0.2) is 4.39 Å². The number of fused-ring (bicyclic) bond motifs is 1. The summed E-state index contributed by atoms with van der Waals surface area (Å²) in [6, 6.07) is 12.7. The van der Waals surface area contributed by atoms with Gasteiger partial charge in [-0.15, -0.1) is 0 Å². The van der Waals surface area contributed by atoms with Crippen molar-refractivity contribution in [2.24, 2.45) is 0 Å². The molecule has 3 rings (SSSR count). The number of hydrogen-bond donors (Lipinski definition) is 3. The van der Waals surface area contributed by atoms with E-state index in [2.05, 4.69) is 21.7 Å². The lowest BCUT2D eigenvalue weighted by Gasteiger charge is -2.10. The number of hydrogen-bond acceptors (Lipinski definition) is 1. The molecule has 1 heterocycles. The van der Waals surface area contributed by atoms with Crippen LogP contribution in [0.1, 0.15) is 5.56 Å². The molecule has 0 spiro atoms. The van der Waals surface area contributed by atoms with Crippen LogP contribution in [0.3, 0.4) is 0 Å². The summed E-state index contributed by atoms with van der Waals surface area (Å²) in [6.45, 7) is 0.684. The standard InChI is InChI=1S/C17H15ClFN3S/c18-14-6-5-12(9-15(14)19)22-17(23)20-8-7-11-10-21-16-4-2-1-3-13(11)16/h1-6,9-10,21H,7-8H2,(H2,20,22,23). The highest BCUT2D eigenvalue weighted by atomic mass is 35.5. The van der Waals surface area contributed by atoms with E-state index < -0.39 is 5.82 Å². The first-order valence-corrected chi connectivity index (χ1v) is 7.97. The lowest BCUT2D eigenvalue weighted by molar-refractivity contribution is 0.629. The van der Waals surface area contributed by atoms with Gasteiger partial charge in [0, 0.05) is 29.3 Å². The minimum atomic E-state index is -0.474. The zero-order chi connectivity index (χ0) is 16.2. The topological polar surface area (TPSA) is 39.8 Å². The number of aromatic amines is 1. The zero-order valence-corrected chi connectivity index (χ0v) is 13.8. The Hall–Kier alpha value is -2.11. The van der Waals surface area contributed by atoms with Crippen molar-refractivity contribution in [1.29, 1.82) is 0 Å². The number of nitrogens with one attached hydrogen (secondary N) is 3. The fraction of sp³-hybridized carbons (Fsp3) is 0.118. The largest absolute Gasteiger partial charge is 0.362 e. The molecule has 0 atom stereocenters. The molecule has 3 N–H and O–H groups in total. The van der Waals surface area contributed by atoms with Crippen LogP contribution in [0, 0.1) is 5.82 Å². The Bertz CT molecular complexity index is 847. The quantitative estimate of drug-likeness (QED) is 0.609. The van der Waals surface area contributed by atoms with Gasteiger partial charge in [-0.05, 0) is 48.5 Å². The van der Waals surface area contributed by atoms with Crippen molar-refractivity contribution in [2.45, 2.75) is 6.42 Å².